The quantitative estimate of drug-likeness (QED) is 0.210. The van der Waals surface area contributed by atoms with Crippen molar-refractivity contribution >= 4 is 57.2 Å². The molecule has 0 radical (unpaired) electrons. The molecular weight excluding hydrogens is 754 g/mol. The number of imide groups is 1. The molecule has 4 amide bonds. The van der Waals surface area contributed by atoms with Crippen molar-refractivity contribution in [3.63, 3.8) is 0 Å². The Hall–Kier alpha value is -5.90. The number of nitrogens with one attached hydrogen (secondary N) is 2. The van der Waals surface area contributed by atoms with Gasteiger partial charge in [-0.25, -0.2) is 13.9 Å². The van der Waals surface area contributed by atoms with Crippen LogP contribution in [0.2, 0.25) is 0 Å². The molecule has 3 aromatic heterocycles. The molecule has 8 heterocycles. The minimum absolute atomic E-state index is 0.0309. The van der Waals surface area contributed by atoms with Crippen molar-refractivity contribution in [2.75, 3.05) is 60.9 Å². The molecular formula is C43H48FN11O4. The molecule has 0 saturated carbocycles. The molecule has 2 aromatic carbocycles. The number of piperidine rings is 4. The molecule has 4 saturated heterocycles. The average Bonchev–Trinajstić information content (AvgIpc) is 3.99. The van der Waals surface area contributed by atoms with Crippen LogP contribution in [-0.2, 0) is 16.1 Å². The molecule has 5 aromatic rings. The van der Waals surface area contributed by atoms with Crippen LogP contribution in [0.3, 0.4) is 0 Å². The second-order valence-electron chi connectivity index (χ2n) is 16.8. The van der Waals surface area contributed by atoms with E-state index in [4.69, 9.17) is 5.10 Å². The van der Waals surface area contributed by atoms with Crippen LogP contribution in [0.5, 0.6) is 0 Å². The lowest BCUT2D eigenvalue weighted by molar-refractivity contribution is -0.136. The summed E-state index contributed by atoms with van der Waals surface area (Å²) in [4.78, 5) is 63.7. The first-order chi connectivity index (χ1) is 28.8. The van der Waals surface area contributed by atoms with Crippen molar-refractivity contribution in [2.45, 2.75) is 76.4 Å². The molecule has 2 N–H and O–H groups in total. The second-order valence-corrected chi connectivity index (χ2v) is 16.8. The molecule has 5 aliphatic rings. The smallest absolute Gasteiger partial charge is 0.274 e. The fourth-order valence-corrected chi connectivity index (χ4v) is 9.81. The van der Waals surface area contributed by atoms with E-state index in [2.05, 4.69) is 58.4 Å². The monoisotopic (exact) mass is 801 g/mol. The number of rotatable bonds is 8. The van der Waals surface area contributed by atoms with Crippen LogP contribution in [0, 0.1) is 11.7 Å². The van der Waals surface area contributed by atoms with Gasteiger partial charge in [0, 0.05) is 87.2 Å². The standard InChI is InChI=1S/C43H48FN11O4/c44-40-31-26-53(36-6-7-39(56)48-42(36)58)43(59)30(31)4-5-35(40)52-19-9-27(10-20-52)24-50-17-11-29(12-18-50)55-25-28-22-34(37(23-33(28)49-55)51-15-2-1-3-16-51)47-41(57)32-13-21-54-38(46-32)8-14-45-54/h4-5,8,13-14,21-23,25,27,29,36H,1-3,6-7,9-12,15-20,24,26H2,(H,47,57)(H,48,56,58). The van der Waals surface area contributed by atoms with E-state index in [9.17, 15) is 19.2 Å². The van der Waals surface area contributed by atoms with E-state index in [1.54, 1.807) is 41.2 Å². The van der Waals surface area contributed by atoms with Crippen molar-refractivity contribution in [3.05, 3.63) is 77.6 Å². The van der Waals surface area contributed by atoms with Crippen molar-refractivity contribution in [2.24, 2.45) is 5.92 Å². The van der Waals surface area contributed by atoms with Crippen LogP contribution in [0.1, 0.15) is 90.2 Å². The highest BCUT2D eigenvalue weighted by molar-refractivity contribution is 6.07. The van der Waals surface area contributed by atoms with Gasteiger partial charge in [-0.3, -0.25) is 29.2 Å². The van der Waals surface area contributed by atoms with Gasteiger partial charge in [0.2, 0.25) is 11.8 Å². The second kappa shape index (κ2) is 15.4. The summed E-state index contributed by atoms with van der Waals surface area (Å²) in [7, 11) is 0. The summed E-state index contributed by atoms with van der Waals surface area (Å²) in [6.45, 7) is 6.34. The number of nitrogens with zero attached hydrogens (tertiary/aromatic N) is 9. The molecule has 0 spiro atoms. The zero-order valence-electron chi connectivity index (χ0n) is 33.0. The zero-order valence-corrected chi connectivity index (χ0v) is 33.0. The van der Waals surface area contributed by atoms with Crippen molar-refractivity contribution in [3.8, 4) is 0 Å². The predicted molar refractivity (Wildman–Crippen MR) is 219 cm³/mol. The van der Waals surface area contributed by atoms with Gasteiger partial charge in [-0.1, -0.05) is 0 Å². The largest absolute Gasteiger partial charge is 0.370 e. The lowest BCUT2D eigenvalue weighted by Crippen LogP contribution is -2.52. The summed E-state index contributed by atoms with van der Waals surface area (Å²) in [6.07, 6.45) is 13.3. The van der Waals surface area contributed by atoms with Crippen molar-refractivity contribution in [1.29, 1.82) is 0 Å². The van der Waals surface area contributed by atoms with Gasteiger partial charge >= 0.3 is 0 Å². The van der Waals surface area contributed by atoms with E-state index in [1.807, 2.05) is 0 Å². The maximum Gasteiger partial charge on any atom is 0.274 e. The Labute approximate surface area is 340 Å². The van der Waals surface area contributed by atoms with Crippen LogP contribution < -0.4 is 20.4 Å². The van der Waals surface area contributed by atoms with Gasteiger partial charge in [-0.05, 0) is 87.6 Å². The summed E-state index contributed by atoms with van der Waals surface area (Å²) in [5.74, 6) is -1.34. The lowest BCUT2D eigenvalue weighted by atomic mass is 9.94. The molecule has 5 aliphatic heterocycles. The van der Waals surface area contributed by atoms with Gasteiger partial charge < -0.3 is 24.9 Å². The summed E-state index contributed by atoms with van der Waals surface area (Å²) >= 11 is 0. The van der Waals surface area contributed by atoms with Crippen molar-refractivity contribution < 1.29 is 23.6 Å². The van der Waals surface area contributed by atoms with Gasteiger partial charge in [0.25, 0.3) is 11.8 Å². The molecule has 15 nitrogen and oxygen atoms in total. The fraction of sp³-hybridized carbons (Fsp3) is 0.465. The Bertz CT molecular complexity index is 2460. The topological polar surface area (TPSA) is 153 Å². The molecule has 0 aliphatic carbocycles. The van der Waals surface area contributed by atoms with Gasteiger partial charge in [0.1, 0.15) is 11.7 Å². The highest BCUT2D eigenvalue weighted by Gasteiger charge is 2.41. The Balaban J connectivity index is 0.758. The number of benzene rings is 2. The third-order valence-corrected chi connectivity index (χ3v) is 13.1. The molecule has 306 valence electrons. The van der Waals surface area contributed by atoms with Gasteiger partial charge in [-0.2, -0.15) is 10.2 Å². The van der Waals surface area contributed by atoms with Gasteiger partial charge in [0.15, 0.2) is 11.5 Å². The number of anilines is 3. The minimum Gasteiger partial charge on any atom is -0.370 e. The number of fused-ring (bicyclic) bond motifs is 3. The molecule has 0 bridgehead atoms. The SMILES string of the molecule is O=C1CCC(N2Cc3c(ccc(N4CCC(CN5CCC(n6cc7cc(NC(=O)c8ccn9nccc9n8)c(N8CCCCC8)cc7n6)CC5)CC4)c3F)C2=O)C(=O)N1. The third kappa shape index (κ3) is 7.16. The summed E-state index contributed by atoms with van der Waals surface area (Å²) in [6, 6.07) is 10.6. The normalized spacial score (nSPS) is 21.1. The lowest BCUT2D eigenvalue weighted by Gasteiger charge is -2.38. The Kier molecular flexibility index (Phi) is 9.73. The van der Waals surface area contributed by atoms with Crippen LogP contribution in [0.4, 0.5) is 21.5 Å². The molecule has 10 rings (SSSR count). The number of carbonyl (C=O) groups excluding carboxylic acids is 4. The predicted octanol–water partition coefficient (Wildman–Crippen LogP) is 4.78. The highest BCUT2D eigenvalue weighted by Crippen LogP contribution is 2.37. The van der Waals surface area contributed by atoms with E-state index in [-0.39, 0.29) is 49.0 Å². The third-order valence-electron chi connectivity index (χ3n) is 13.1. The number of likely N-dealkylation sites (tertiary alicyclic amines) is 1. The summed E-state index contributed by atoms with van der Waals surface area (Å²) < 4.78 is 19.8. The van der Waals surface area contributed by atoms with Gasteiger partial charge in [0.05, 0.1) is 41.4 Å². The Morgan fingerprint density at radius 1 is 0.881 bits per heavy atom. The maximum atomic E-state index is 16.0. The number of carbonyl (C=O) groups is 4. The fourth-order valence-electron chi connectivity index (χ4n) is 9.81. The van der Waals surface area contributed by atoms with Crippen LogP contribution >= 0.6 is 0 Å². The number of hydrogen-bond donors (Lipinski definition) is 2. The number of aromatic nitrogens is 5. The minimum atomic E-state index is -0.767. The molecule has 16 heteroatoms. The summed E-state index contributed by atoms with van der Waals surface area (Å²) in [5, 5.41) is 15.8. The van der Waals surface area contributed by atoms with Crippen LogP contribution in [0.25, 0.3) is 16.6 Å². The van der Waals surface area contributed by atoms with Crippen LogP contribution in [-0.4, -0.2) is 110 Å². The number of halogens is 1. The Morgan fingerprint density at radius 3 is 2.47 bits per heavy atom. The first-order valence-electron chi connectivity index (χ1n) is 21.1. The highest BCUT2D eigenvalue weighted by atomic mass is 19.1. The van der Waals surface area contributed by atoms with E-state index in [0.717, 1.165) is 107 Å². The van der Waals surface area contributed by atoms with Crippen molar-refractivity contribution in [1.82, 2.24) is 39.5 Å². The molecule has 59 heavy (non-hydrogen) atoms. The zero-order chi connectivity index (χ0) is 40.2. The van der Waals surface area contributed by atoms with E-state index >= 15 is 4.39 Å². The van der Waals surface area contributed by atoms with E-state index in [1.165, 1.54) is 11.3 Å². The first kappa shape index (κ1) is 37.4. The van der Waals surface area contributed by atoms with E-state index in [0.29, 0.717) is 34.1 Å². The molecule has 1 atom stereocenters. The maximum absolute atomic E-state index is 16.0. The molecule has 4 fully saturated rings. The Morgan fingerprint density at radius 2 is 1.68 bits per heavy atom. The van der Waals surface area contributed by atoms with E-state index < -0.39 is 11.9 Å². The van der Waals surface area contributed by atoms with Crippen LogP contribution in [0.15, 0.2) is 55.0 Å². The number of amides is 4. The molecule has 1 unspecified atom stereocenters. The first-order valence-corrected chi connectivity index (χ1v) is 21.1. The van der Waals surface area contributed by atoms with Gasteiger partial charge in [-0.15, -0.1) is 0 Å². The number of hydrogen-bond acceptors (Lipinski definition) is 10. The summed E-state index contributed by atoms with van der Waals surface area (Å²) in [5.41, 5.74) is 4.78. The average molecular weight is 802 g/mol.